The van der Waals surface area contributed by atoms with Gasteiger partial charge in [-0.2, -0.15) is 0 Å². The van der Waals surface area contributed by atoms with Crippen molar-refractivity contribution < 1.29 is 4.79 Å². The minimum absolute atomic E-state index is 0.0552. The molecule has 28 heavy (non-hydrogen) atoms. The molecule has 1 aromatic carbocycles. The first kappa shape index (κ1) is 18.8. The van der Waals surface area contributed by atoms with Crippen LogP contribution in [-0.2, 0) is 0 Å². The van der Waals surface area contributed by atoms with Gasteiger partial charge in [-0.25, -0.2) is 0 Å². The Kier molecular flexibility index (Phi) is 5.79. The number of piperidine rings is 1. The Morgan fingerprint density at radius 3 is 2.54 bits per heavy atom. The summed E-state index contributed by atoms with van der Waals surface area (Å²) in [7, 11) is 0. The Bertz CT molecular complexity index is 799. The van der Waals surface area contributed by atoms with Gasteiger partial charge in [-0.15, -0.1) is 0 Å². The standard InChI is InChI=1S/C23H30N4O/c1-2-20-7-3-4-16-27(20)23(28)22-17-19(12-13-24-22)25-18-8-10-21(11-9-18)26-14-5-6-15-26/h8-13,17,20H,2-7,14-16H2,1H3,(H,24,25). The van der Waals surface area contributed by atoms with Crippen LogP contribution in [0.25, 0.3) is 0 Å². The van der Waals surface area contributed by atoms with Gasteiger partial charge in [-0.05, 0) is 74.9 Å². The van der Waals surface area contributed by atoms with Gasteiger partial charge in [-0.1, -0.05) is 6.92 Å². The molecule has 5 heteroatoms. The summed E-state index contributed by atoms with van der Waals surface area (Å²) in [5.74, 6) is 0.0552. The van der Waals surface area contributed by atoms with E-state index in [0.29, 0.717) is 11.7 Å². The molecule has 2 saturated heterocycles. The molecular formula is C23H30N4O. The molecule has 1 amide bonds. The highest BCUT2D eigenvalue weighted by Crippen LogP contribution is 2.25. The molecule has 0 saturated carbocycles. The van der Waals surface area contributed by atoms with Crippen molar-refractivity contribution in [3.63, 3.8) is 0 Å². The lowest BCUT2D eigenvalue weighted by molar-refractivity contribution is 0.0602. The Morgan fingerprint density at radius 1 is 1.04 bits per heavy atom. The molecule has 5 nitrogen and oxygen atoms in total. The van der Waals surface area contributed by atoms with Crippen LogP contribution in [0.4, 0.5) is 17.1 Å². The maximum atomic E-state index is 13.0. The zero-order chi connectivity index (χ0) is 19.3. The molecule has 4 rings (SSSR count). The van der Waals surface area contributed by atoms with Crippen molar-refractivity contribution in [2.24, 2.45) is 0 Å². The van der Waals surface area contributed by atoms with E-state index < -0.39 is 0 Å². The average molecular weight is 379 g/mol. The second kappa shape index (κ2) is 8.63. The van der Waals surface area contributed by atoms with Crippen LogP contribution in [0.2, 0.25) is 0 Å². The molecule has 148 valence electrons. The SMILES string of the molecule is CCC1CCCCN1C(=O)c1cc(Nc2ccc(N3CCCC3)cc2)ccn1. The average Bonchev–Trinajstić information content (AvgIpc) is 3.29. The van der Waals surface area contributed by atoms with Crippen LogP contribution in [0.5, 0.6) is 0 Å². The fourth-order valence-corrected chi connectivity index (χ4v) is 4.36. The van der Waals surface area contributed by atoms with Gasteiger partial charge in [0, 0.05) is 48.9 Å². The quantitative estimate of drug-likeness (QED) is 0.809. The molecule has 2 aliphatic heterocycles. The lowest BCUT2D eigenvalue weighted by atomic mass is 9.99. The minimum Gasteiger partial charge on any atom is -0.372 e. The highest BCUT2D eigenvalue weighted by atomic mass is 16.2. The maximum Gasteiger partial charge on any atom is 0.272 e. The normalized spacial score (nSPS) is 19.7. The summed E-state index contributed by atoms with van der Waals surface area (Å²) in [4.78, 5) is 21.8. The zero-order valence-electron chi connectivity index (χ0n) is 16.7. The van der Waals surface area contributed by atoms with E-state index in [4.69, 9.17) is 0 Å². The van der Waals surface area contributed by atoms with E-state index in [1.807, 2.05) is 17.0 Å². The molecule has 3 heterocycles. The second-order valence-corrected chi connectivity index (χ2v) is 7.85. The van der Waals surface area contributed by atoms with Crippen LogP contribution in [0.3, 0.4) is 0 Å². The first-order valence-electron chi connectivity index (χ1n) is 10.6. The summed E-state index contributed by atoms with van der Waals surface area (Å²) in [5.41, 5.74) is 3.73. The molecular weight excluding hydrogens is 348 g/mol. The van der Waals surface area contributed by atoms with Crippen LogP contribution in [0.1, 0.15) is 55.9 Å². The first-order chi connectivity index (χ1) is 13.7. The molecule has 2 fully saturated rings. The van der Waals surface area contributed by atoms with Crippen molar-refractivity contribution in [3.8, 4) is 0 Å². The van der Waals surface area contributed by atoms with Gasteiger partial charge in [0.2, 0.25) is 0 Å². The second-order valence-electron chi connectivity index (χ2n) is 7.85. The van der Waals surface area contributed by atoms with Gasteiger partial charge in [-0.3, -0.25) is 9.78 Å². The zero-order valence-corrected chi connectivity index (χ0v) is 16.7. The highest BCUT2D eigenvalue weighted by molar-refractivity contribution is 5.93. The predicted molar refractivity (Wildman–Crippen MR) is 114 cm³/mol. The van der Waals surface area contributed by atoms with E-state index in [1.165, 1.54) is 24.9 Å². The monoisotopic (exact) mass is 378 g/mol. The fraction of sp³-hybridized carbons (Fsp3) is 0.478. The number of anilines is 3. The first-order valence-corrected chi connectivity index (χ1v) is 10.6. The Balaban J connectivity index is 1.45. The molecule has 0 radical (unpaired) electrons. The number of hydrogen-bond acceptors (Lipinski definition) is 4. The summed E-state index contributed by atoms with van der Waals surface area (Å²) in [5, 5.41) is 3.42. The number of hydrogen-bond donors (Lipinski definition) is 1. The summed E-state index contributed by atoms with van der Waals surface area (Å²) < 4.78 is 0. The van der Waals surface area contributed by atoms with E-state index >= 15 is 0 Å². The summed E-state index contributed by atoms with van der Waals surface area (Å²) in [6.07, 6.45) is 8.69. The van der Waals surface area contributed by atoms with Crippen molar-refractivity contribution in [3.05, 3.63) is 48.3 Å². The van der Waals surface area contributed by atoms with Crippen molar-refractivity contribution in [1.29, 1.82) is 0 Å². The van der Waals surface area contributed by atoms with Crippen LogP contribution in [0.15, 0.2) is 42.6 Å². The number of likely N-dealkylation sites (tertiary alicyclic amines) is 1. The third-order valence-electron chi connectivity index (χ3n) is 5.97. The van der Waals surface area contributed by atoms with Crippen LogP contribution >= 0.6 is 0 Å². The predicted octanol–water partition coefficient (Wildman–Crippen LogP) is 4.83. The number of amides is 1. The lowest BCUT2D eigenvalue weighted by Crippen LogP contribution is -2.43. The molecule has 1 atom stereocenters. The van der Waals surface area contributed by atoms with E-state index in [1.54, 1.807) is 6.20 Å². The minimum atomic E-state index is 0.0552. The van der Waals surface area contributed by atoms with Gasteiger partial charge in [0.1, 0.15) is 5.69 Å². The molecule has 1 N–H and O–H groups in total. The number of rotatable bonds is 5. The van der Waals surface area contributed by atoms with E-state index in [0.717, 1.165) is 50.3 Å². The topological polar surface area (TPSA) is 48.5 Å². The number of pyridine rings is 1. The molecule has 2 aromatic rings. The highest BCUT2D eigenvalue weighted by Gasteiger charge is 2.27. The number of carbonyl (C=O) groups is 1. The molecule has 0 aliphatic carbocycles. The summed E-state index contributed by atoms with van der Waals surface area (Å²) in [6, 6.07) is 12.7. The molecule has 0 bridgehead atoms. The summed E-state index contributed by atoms with van der Waals surface area (Å²) >= 11 is 0. The number of benzene rings is 1. The van der Waals surface area contributed by atoms with Crippen molar-refractivity contribution in [2.45, 2.75) is 51.5 Å². The van der Waals surface area contributed by atoms with Gasteiger partial charge >= 0.3 is 0 Å². The van der Waals surface area contributed by atoms with Crippen LogP contribution in [-0.4, -0.2) is 41.5 Å². The third-order valence-corrected chi connectivity index (χ3v) is 5.97. The Hall–Kier alpha value is -2.56. The molecule has 0 spiro atoms. The van der Waals surface area contributed by atoms with Gasteiger partial charge in [0.05, 0.1) is 0 Å². The van der Waals surface area contributed by atoms with Crippen molar-refractivity contribution in [1.82, 2.24) is 9.88 Å². The third kappa shape index (κ3) is 4.13. The molecule has 1 unspecified atom stereocenters. The number of nitrogens with zero attached hydrogens (tertiary/aromatic N) is 3. The fourth-order valence-electron chi connectivity index (χ4n) is 4.36. The van der Waals surface area contributed by atoms with Gasteiger partial charge < -0.3 is 15.1 Å². The van der Waals surface area contributed by atoms with E-state index in [2.05, 4.69) is 46.4 Å². The van der Waals surface area contributed by atoms with Gasteiger partial charge in [0.15, 0.2) is 0 Å². The van der Waals surface area contributed by atoms with Crippen molar-refractivity contribution in [2.75, 3.05) is 29.9 Å². The van der Waals surface area contributed by atoms with Crippen molar-refractivity contribution >= 4 is 23.0 Å². The Morgan fingerprint density at radius 2 is 1.79 bits per heavy atom. The van der Waals surface area contributed by atoms with E-state index in [-0.39, 0.29) is 5.91 Å². The smallest absolute Gasteiger partial charge is 0.272 e. The van der Waals surface area contributed by atoms with Crippen LogP contribution in [0, 0.1) is 0 Å². The maximum absolute atomic E-state index is 13.0. The van der Waals surface area contributed by atoms with E-state index in [9.17, 15) is 4.79 Å². The van der Waals surface area contributed by atoms with Gasteiger partial charge in [0.25, 0.3) is 5.91 Å². The Labute approximate surface area is 167 Å². The lowest BCUT2D eigenvalue weighted by Gasteiger charge is -2.35. The van der Waals surface area contributed by atoms with Crippen LogP contribution < -0.4 is 10.2 Å². The summed E-state index contributed by atoms with van der Waals surface area (Å²) in [6.45, 7) is 5.30. The molecule has 1 aromatic heterocycles. The number of aromatic nitrogens is 1. The number of carbonyl (C=O) groups excluding carboxylic acids is 1. The largest absolute Gasteiger partial charge is 0.372 e. The number of nitrogens with one attached hydrogen (secondary N) is 1. The molecule has 2 aliphatic rings.